The summed E-state index contributed by atoms with van der Waals surface area (Å²) in [6.45, 7) is 4.01. The molecule has 5 rings (SSSR count). The van der Waals surface area contributed by atoms with Crippen molar-refractivity contribution in [3.05, 3.63) is 82.7 Å². The number of pyridine rings is 1. The van der Waals surface area contributed by atoms with Crippen molar-refractivity contribution in [1.29, 1.82) is 0 Å². The number of aromatic nitrogens is 3. The summed E-state index contributed by atoms with van der Waals surface area (Å²) in [6.07, 6.45) is 7.02. The molecular formula is C25H26FN3O2. The first-order valence-electron chi connectivity index (χ1n) is 10.7. The van der Waals surface area contributed by atoms with Crippen molar-refractivity contribution in [2.75, 3.05) is 0 Å². The summed E-state index contributed by atoms with van der Waals surface area (Å²) in [7, 11) is 0. The summed E-state index contributed by atoms with van der Waals surface area (Å²) in [6, 6.07) is 10.1. The number of nitrogens with zero attached hydrogens (tertiary/aromatic N) is 3. The molecule has 1 fully saturated rings. The van der Waals surface area contributed by atoms with E-state index >= 15 is 0 Å². The zero-order chi connectivity index (χ0) is 21.8. The van der Waals surface area contributed by atoms with E-state index in [0.717, 1.165) is 34.5 Å². The van der Waals surface area contributed by atoms with Crippen LogP contribution in [0.1, 0.15) is 54.8 Å². The molecule has 0 radical (unpaired) electrons. The first-order valence-corrected chi connectivity index (χ1v) is 10.7. The molecule has 3 aromatic rings. The molecule has 2 heterocycles. The third kappa shape index (κ3) is 3.13. The molecule has 1 saturated carbocycles. The lowest BCUT2D eigenvalue weighted by molar-refractivity contribution is -0.0748. The molecule has 0 bridgehead atoms. The molecule has 1 aromatic carbocycles. The van der Waals surface area contributed by atoms with Gasteiger partial charge in [0.1, 0.15) is 5.82 Å². The van der Waals surface area contributed by atoms with E-state index in [1.165, 1.54) is 12.1 Å². The number of hydrogen-bond acceptors (Lipinski definition) is 4. The highest BCUT2D eigenvalue weighted by Gasteiger charge is 2.56. The third-order valence-corrected chi connectivity index (χ3v) is 7.25. The van der Waals surface area contributed by atoms with Crippen LogP contribution in [0, 0.1) is 18.2 Å². The molecule has 2 aliphatic carbocycles. The smallest absolute Gasteiger partial charge is 0.123 e. The minimum absolute atomic E-state index is 0.236. The normalized spacial score (nSPS) is 25.6. The SMILES string of the molecule is Cc1cccnc1C(O)C[C@]1(O)CCC2=Cc3c(cnn3-c3ccc(F)cc3)CC21C. The second kappa shape index (κ2) is 7.11. The van der Waals surface area contributed by atoms with Crippen molar-refractivity contribution in [3.63, 3.8) is 0 Å². The summed E-state index contributed by atoms with van der Waals surface area (Å²) in [5, 5.41) is 27.2. The Labute approximate surface area is 180 Å². The number of rotatable bonds is 4. The lowest BCUT2D eigenvalue weighted by Crippen LogP contribution is -2.46. The Hall–Kier alpha value is -2.83. The second-order valence-corrected chi connectivity index (χ2v) is 9.08. The van der Waals surface area contributed by atoms with Gasteiger partial charge < -0.3 is 10.2 Å². The maximum absolute atomic E-state index is 13.3. The van der Waals surface area contributed by atoms with Crippen molar-refractivity contribution in [2.45, 2.75) is 51.2 Å². The van der Waals surface area contributed by atoms with Gasteiger partial charge in [-0.1, -0.05) is 18.6 Å². The first-order chi connectivity index (χ1) is 14.8. The highest BCUT2D eigenvalue weighted by Crippen LogP contribution is 2.57. The van der Waals surface area contributed by atoms with Crippen LogP contribution in [0.25, 0.3) is 11.8 Å². The predicted molar refractivity (Wildman–Crippen MR) is 116 cm³/mol. The van der Waals surface area contributed by atoms with Gasteiger partial charge in [0.05, 0.1) is 35.0 Å². The molecule has 0 amide bonds. The summed E-state index contributed by atoms with van der Waals surface area (Å²) in [5.74, 6) is -0.279. The van der Waals surface area contributed by atoms with E-state index < -0.39 is 17.1 Å². The van der Waals surface area contributed by atoms with E-state index in [1.807, 2.05) is 29.9 Å². The Morgan fingerprint density at radius 3 is 2.74 bits per heavy atom. The number of hydrogen-bond donors (Lipinski definition) is 2. The number of aryl methyl sites for hydroxylation is 1. The molecule has 6 heteroatoms. The Morgan fingerprint density at radius 2 is 2.00 bits per heavy atom. The van der Waals surface area contributed by atoms with Crippen molar-refractivity contribution >= 4 is 6.08 Å². The van der Waals surface area contributed by atoms with Crippen molar-refractivity contribution < 1.29 is 14.6 Å². The van der Waals surface area contributed by atoms with Crippen LogP contribution in [0.4, 0.5) is 4.39 Å². The molecule has 3 atom stereocenters. The van der Waals surface area contributed by atoms with Crippen molar-refractivity contribution in [1.82, 2.24) is 14.8 Å². The van der Waals surface area contributed by atoms with Gasteiger partial charge in [-0.25, -0.2) is 9.07 Å². The molecular weight excluding hydrogens is 393 g/mol. The number of halogens is 1. The van der Waals surface area contributed by atoms with E-state index in [1.54, 1.807) is 18.3 Å². The third-order valence-electron chi connectivity index (χ3n) is 7.25. The molecule has 5 nitrogen and oxygen atoms in total. The Balaban J connectivity index is 1.47. The van der Waals surface area contributed by atoms with Crippen LogP contribution >= 0.6 is 0 Å². The van der Waals surface area contributed by atoms with Crippen LogP contribution in [-0.2, 0) is 6.42 Å². The van der Waals surface area contributed by atoms with E-state index in [0.29, 0.717) is 18.5 Å². The average molecular weight is 420 g/mol. The van der Waals surface area contributed by atoms with Gasteiger partial charge in [-0.05, 0) is 73.7 Å². The molecule has 2 aromatic heterocycles. The lowest BCUT2D eigenvalue weighted by atomic mass is 9.65. The van der Waals surface area contributed by atoms with Gasteiger partial charge in [-0.15, -0.1) is 0 Å². The van der Waals surface area contributed by atoms with Crippen molar-refractivity contribution in [2.24, 2.45) is 5.41 Å². The van der Waals surface area contributed by atoms with E-state index in [2.05, 4.69) is 23.1 Å². The highest BCUT2D eigenvalue weighted by molar-refractivity contribution is 5.62. The van der Waals surface area contributed by atoms with E-state index in [-0.39, 0.29) is 12.2 Å². The van der Waals surface area contributed by atoms with Gasteiger partial charge in [0, 0.05) is 18.0 Å². The Morgan fingerprint density at radius 1 is 1.23 bits per heavy atom. The second-order valence-electron chi connectivity index (χ2n) is 9.08. The van der Waals surface area contributed by atoms with Crippen LogP contribution in [0.15, 0.2) is 54.4 Å². The fourth-order valence-corrected chi connectivity index (χ4v) is 5.31. The zero-order valence-electron chi connectivity index (χ0n) is 17.7. The number of aliphatic hydroxyl groups excluding tert-OH is 1. The Bertz CT molecular complexity index is 1170. The van der Waals surface area contributed by atoms with Gasteiger partial charge in [0.15, 0.2) is 0 Å². The van der Waals surface area contributed by atoms with E-state index in [9.17, 15) is 14.6 Å². The summed E-state index contributed by atoms with van der Waals surface area (Å²) >= 11 is 0. The van der Waals surface area contributed by atoms with Crippen LogP contribution < -0.4 is 0 Å². The maximum Gasteiger partial charge on any atom is 0.123 e. The summed E-state index contributed by atoms with van der Waals surface area (Å²) in [5.41, 5.74) is 4.00. The molecule has 2 N–H and O–H groups in total. The van der Waals surface area contributed by atoms with Gasteiger partial charge in [0.2, 0.25) is 0 Å². The number of aliphatic hydroxyl groups is 2. The van der Waals surface area contributed by atoms with Crippen LogP contribution in [-0.4, -0.2) is 30.6 Å². The molecule has 0 saturated heterocycles. The number of benzene rings is 1. The van der Waals surface area contributed by atoms with Crippen molar-refractivity contribution in [3.8, 4) is 5.69 Å². The van der Waals surface area contributed by atoms with Gasteiger partial charge in [0.25, 0.3) is 0 Å². The summed E-state index contributed by atoms with van der Waals surface area (Å²) < 4.78 is 15.2. The quantitative estimate of drug-likeness (QED) is 0.661. The maximum atomic E-state index is 13.3. The molecule has 0 aliphatic heterocycles. The number of fused-ring (bicyclic) bond motifs is 2. The van der Waals surface area contributed by atoms with Gasteiger partial charge >= 0.3 is 0 Å². The molecule has 2 unspecified atom stereocenters. The molecule has 0 spiro atoms. The molecule has 2 aliphatic rings. The molecule has 160 valence electrons. The fourth-order valence-electron chi connectivity index (χ4n) is 5.31. The Kier molecular flexibility index (Phi) is 4.61. The van der Waals surface area contributed by atoms with E-state index in [4.69, 9.17) is 0 Å². The first kappa shape index (κ1) is 20.1. The summed E-state index contributed by atoms with van der Waals surface area (Å²) in [4.78, 5) is 4.34. The lowest BCUT2D eigenvalue weighted by Gasteiger charge is -2.43. The van der Waals surface area contributed by atoms with Gasteiger partial charge in [-0.2, -0.15) is 5.10 Å². The molecule has 31 heavy (non-hydrogen) atoms. The zero-order valence-corrected chi connectivity index (χ0v) is 17.7. The topological polar surface area (TPSA) is 71.2 Å². The van der Waals surface area contributed by atoms with Crippen LogP contribution in [0.5, 0.6) is 0 Å². The largest absolute Gasteiger partial charge is 0.389 e. The standard InChI is InChI=1S/C25H26FN3O2/c1-16-4-3-11-27-23(16)22(30)14-25(31)10-9-18-12-21-17(13-24(18,25)2)15-28-29(21)20-7-5-19(26)6-8-20/h3-8,11-12,15,22,30-31H,9-10,13-14H2,1-2H3/t22?,24?,25-/m1/s1. The highest BCUT2D eigenvalue weighted by atomic mass is 19.1. The van der Waals surface area contributed by atoms with Gasteiger partial charge in [-0.3, -0.25) is 4.98 Å². The minimum Gasteiger partial charge on any atom is -0.389 e. The van der Waals surface area contributed by atoms with Crippen LogP contribution in [0.3, 0.4) is 0 Å². The average Bonchev–Trinajstić information content (AvgIpc) is 3.25. The fraction of sp³-hybridized carbons (Fsp3) is 0.360. The minimum atomic E-state index is -1.04. The monoisotopic (exact) mass is 419 g/mol. The van der Waals surface area contributed by atoms with Crippen LogP contribution in [0.2, 0.25) is 0 Å². The predicted octanol–water partition coefficient (Wildman–Crippen LogP) is 4.31.